The molecule has 1 aromatic heterocycles. The molecular weight excluding hydrogens is 338 g/mol. The molecule has 0 saturated carbocycles. The first-order valence-electron chi connectivity index (χ1n) is 8.50. The summed E-state index contributed by atoms with van der Waals surface area (Å²) in [5, 5.41) is 5.75. The Morgan fingerprint density at radius 1 is 1.24 bits per heavy atom. The van der Waals surface area contributed by atoms with Crippen molar-refractivity contribution < 1.29 is 14.3 Å². The number of likely N-dealkylation sites (tertiary alicyclic amines) is 1. The van der Waals surface area contributed by atoms with Crippen LogP contribution in [0.25, 0.3) is 0 Å². The smallest absolute Gasteiger partial charge is 0.273 e. The number of thiazole rings is 1. The van der Waals surface area contributed by atoms with Crippen LogP contribution < -0.4 is 14.8 Å². The van der Waals surface area contributed by atoms with Gasteiger partial charge in [0.25, 0.3) is 5.91 Å². The van der Waals surface area contributed by atoms with Gasteiger partial charge in [0.2, 0.25) is 6.79 Å². The molecule has 1 fully saturated rings. The zero-order valence-electron chi connectivity index (χ0n) is 14.3. The third kappa shape index (κ3) is 3.42. The first-order valence-corrected chi connectivity index (χ1v) is 9.38. The monoisotopic (exact) mass is 359 g/mol. The van der Waals surface area contributed by atoms with E-state index in [4.69, 9.17) is 9.47 Å². The fourth-order valence-corrected chi connectivity index (χ4v) is 4.22. The van der Waals surface area contributed by atoms with Crippen molar-refractivity contribution in [2.75, 3.05) is 25.2 Å². The zero-order chi connectivity index (χ0) is 17.4. The average Bonchev–Trinajstić information content (AvgIpc) is 3.22. The minimum absolute atomic E-state index is 0.0217. The van der Waals surface area contributed by atoms with E-state index < -0.39 is 0 Å². The van der Waals surface area contributed by atoms with Gasteiger partial charge < -0.3 is 19.7 Å². The summed E-state index contributed by atoms with van der Waals surface area (Å²) in [6, 6.07) is 5.64. The van der Waals surface area contributed by atoms with Crippen LogP contribution in [0.3, 0.4) is 0 Å². The molecule has 0 aliphatic carbocycles. The molecule has 2 aromatic rings. The van der Waals surface area contributed by atoms with Crippen molar-refractivity contribution in [3.05, 3.63) is 29.3 Å². The Kier molecular flexibility index (Phi) is 4.25. The Labute approximate surface area is 150 Å². The highest BCUT2D eigenvalue weighted by atomic mass is 32.1. The molecule has 1 N–H and O–H groups in total. The highest BCUT2D eigenvalue weighted by molar-refractivity contribution is 7.14. The van der Waals surface area contributed by atoms with Crippen LogP contribution in [0.5, 0.6) is 11.5 Å². The summed E-state index contributed by atoms with van der Waals surface area (Å²) in [7, 11) is 0. The minimum Gasteiger partial charge on any atom is -0.454 e. The van der Waals surface area contributed by atoms with Crippen LogP contribution in [0.1, 0.15) is 30.8 Å². The number of aromatic nitrogens is 1. The molecular formula is C18H21N3O3S. The Morgan fingerprint density at radius 3 is 2.80 bits per heavy atom. The molecule has 0 unspecified atom stereocenters. The van der Waals surface area contributed by atoms with Gasteiger partial charge in [-0.2, -0.15) is 0 Å². The first kappa shape index (κ1) is 16.2. The Morgan fingerprint density at radius 2 is 2.00 bits per heavy atom. The first-order chi connectivity index (χ1) is 12.1. The van der Waals surface area contributed by atoms with Crippen LogP contribution in [0.2, 0.25) is 0 Å². The molecule has 0 radical (unpaired) electrons. The average molecular weight is 359 g/mol. The quantitative estimate of drug-likeness (QED) is 0.905. The van der Waals surface area contributed by atoms with Crippen LogP contribution in [0.4, 0.5) is 10.8 Å². The van der Waals surface area contributed by atoms with Crippen LogP contribution in [-0.4, -0.2) is 35.7 Å². The van der Waals surface area contributed by atoms with E-state index in [9.17, 15) is 4.79 Å². The number of fused-ring (bicyclic) bond motifs is 1. The molecule has 6 nitrogen and oxygen atoms in total. The van der Waals surface area contributed by atoms with Gasteiger partial charge in [-0.3, -0.25) is 4.79 Å². The number of amides is 1. The fraction of sp³-hybridized carbons (Fsp3) is 0.444. The Balaban J connectivity index is 1.45. The number of hydrogen-bond acceptors (Lipinski definition) is 6. The van der Waals surface area contributed by atoms with Crippen molar-refractivity contribution in [3.63, 3.8) is 0 Å². The summed E-state index contributed by atoms with van der Waals surface area (Å²) < 4.78 is 10.7. The molecule has 25 heavy (non-hydrogen) atoms. The van der Waals surface area contributed by atoms with E-state index in [-0.39, 0.29) is 12.7 Å². The largest absolute Gasteiger partial charge is 0.454 e. The van der Waals surface area contributed by atoms with Gasteiger partial charge in [0.05, 0.1) is 0 Å². The minimum atomic E-state index is 0.0217. The zero-order valence-corrected chi connectivity index (χ0v) is 15.1. The predicted octanol–water partition coefficient (Wildman–Crippen LogP) is 3.73. The SMILES string of the molecule is C[C@@H]1C[C@H](C)CN(C(=O)c2csc(Nc3ccc4c(c3)OCO4)n2)C1. The van der Waals surface area contributed by atoms with Crippen molar-refractivity contribution in [1.29, 1.82) is 0 Å². The van der Waals surface area contributed by atoms with E-state index in [1.807, 2.05) is 28.5 Å². The number of benzene rings is 1. The van der Waals surface area contributed by atoms with E-state index in [2.05, 4.69) is 24.1 Å². The second-order valence-corrected chi connectivity index (χ2v) is 7.75. The van der Waals surface area contributed by atoms with Gasteiger partial charge in [0, 0.05) is 30.2 Å². The highest BCUT2D eigenvalue weighted by Gasteiger charge is 2.27. The second kappa shape index (κ2) is 6.55. The molecule has 0 spiro atoms. The van der Waals surface area contributed by atoms with Gasteiger partial charge in [-0.15, -0.1) is 11.3 Å². The van der Waals surface area contributed by atoms with E-state index in [0.29, 0.717) is 28.4 Å². The fourth-order valence-electron chi connectivity index (χ4n) is 3.52. The lowest BCUT2D eigenvalue weighted by atomic mass is 9.92. The van der Waals surface area contributed by atoms with Crippen molar-refractivity contribution in [2.24, 2.45) is 11.8 Å². The molecule has 1 saturated heterocycles. The van der Waals surface area contributed by atoms with Gasteiger partial charge >= 0.3 is 0 Å². The van der Waals surface area contributed by atoms with Gasteiger partial charge in [0.15, 0.2) is 16.6 Å². The summed E-state index contributed by atoms with van der Waals surface area (Å²) in [5.41, 5.74) is 1.37. The third-order valence-electron chi connectivity index (χ3n) is 4.50. The van der Waals surface area contributed by atoms with Crippen molar-refractivity contribution in [3.8, 4) is 11.5 Å². The van der Waals surface area contributed by atoms with E-state index in [1.54, 1.807) is 0 Å². The molecule has 1 aromatic carbocycles. The van der Waals surface area contributed by atoms with Crippen LogP contribution in [0, 0.1) is 11.8 Å². The number of piperidine rings is 1. The predicted molar refractivity (Wildman–Crippen MR) is 96.8 cm³/mol. The van der Waals surface area contributed by atoms with E-state index in [0.717, 1.165) is 24.5 Å². The summed E-state index contributed by atoms with van der Waals surface area (Å²) in [5.74, 6) is 2.56. The molecule has 0 bridgehead atoms. The topological polar surface area (TPSA) is 63.7 Å². The summed E-state index contributed by atoms with van der Waals surface area (Å²) in [6.45, 7) is 6.27. The lowest BCUT2D eigenvalue weighted by molar-refractivity contribution is 0.0618. The highest BCUT2D eigenvalue weighted by Crippen LogP contribution is 2.35. The number of anilines is 2. The number of ether oxygens (including phenoxy) is 2. The maximum atomic E-state index is 12.7. The van der Waals surface area contributed by atoms with Crippen LogP contribution in [0.15, 0.2) is 23.6 Å². The maximum absolute atomic E-state index is 12.7. The number of carbonyl (C=O) groups is 1. The molecule has 2 atom stereocenters. The molecule has 2 aliphatic rings. The molecule has 4 rings (SSSR count). The molecule has 132 valence electrons. The Bertz CT molecular complexity index is 782. The van der Waals surface area contributed by atoms with E-state index >= 15 is 0 Å². The lowest BCUT2D eigenvalue weighted by Crippen LogP contribution is -2.42. The van der Waals surface area contributed by atoms with Crippen molar-refractivity contribution in [1.82, 2.24) is 9.88 Å². The Hall–Kier alpha value is -2.28. The van der Waals surface area contributed by atoms with Crippen LogP contribution in [-0.2, 0) is 0 Å². The van der Waals surface area contributed by atoms with Gasteiger partial charge in [0.1, 0.15) is 5.69 Å². The van der Waals surface area contributed by atoms with E-state index in [1.165, 1.54) is 17.8 Å². The third-order valence-corrected chi connectivity index (χ3v) is 5.26. The number of nitrogens with one attached hydrogen (secondary N) is 1. The summed E-state index contributed by atoms with van der Waals surface area (Å²) in [4.78, 5) is 19.1. The van der Waals surface area contributed by atoms with Gasteiger partial charge in [-0.25, -0.2) is 4.98 Å². The van der Waals surface area contributed by atoms with Crippen molar-refractivity contribution in [2.45, 2.75) is 20.3 Å². The van der Waals surface area contributed by atoms with Crippen molar-refractivity contribution >= 4 is 28.1 Å². The molecule has 3 heterocycles. The number of rotatable bonds is 3. The normalized spacial score (nSPS) is 22.1. The van der Waals surface area contributed by atoms with Gasteiger partial charge in [-0.05, 0) is 30.4 Å². The second-order valence-electron chi connectivity index (χ2n) is 6.89. The van der Waals surface area contributed by atoms with Crippen LogP contribution >= 0.6 is 11.3 Å². The number of nitrogens with zero attached hydrogens (tertiary/aromatic N) is 2. The van der Waals surface area contributed by atoms with Gasteiger partial charge in [-0.1, -0.05) is 13.8 Å². The number of carbonyl (C=O) groups excluding carboxylic acids is 1. The maximum Gasteiger partial charge on any atom is 0.273 e. The number of hydrogen-bond donors (Lipinski definition) is 1. The summed E-state index contributed by atoms with van der Waals surface area (Å²) in [6.07, 6.45) is 1.18. The molecule has 1 amide bonds. The molecule has 2 aliphatic heterocycles. The summed E-state index contributed by atoms with van der Waals surface area (Å²) >= 11 is 1.43. The standard InChI is InChI=1S/C18H21N3O3S/c1-11-5-12(2)8-21(7-11)17(22)14-9-25-18(20-14)19-13-3-4-15-16(6-13)24-10-23-15/h3-4,6,9,11-12H,5,7-8,10H2,1-2H3,(H,19,20)/t11-,12+. The lowest BCUT2D eigenvalue weighted by Gasteiger charge is -2.34. The molecule has 7 heteroatoms.